The van der Waals surface area contributed by atoms with E-state index in [4.69, 9.17) is 11.6 Å². The molecule has 6 nitrogen and oxygen atoms in total. The standard InChI is InChI=1S/C17H17ClFN3O3S/c1-22(2)26(24,25)21-11-4-5-12-13(9-17(23)20-16(12)8-11)10-3-6-15(19)14(18)7-10/h3-8,13,21H,9H2,1-2H3,(H,20,23). The van der Waals surface area contributed by atoms with Gasteiger partial charge in [0.05, 0.1) is 10.7 Å². The number of nitrogens with zero attached hydrogens (tertiary/aromatic N) is 1. The molecule has 1 aliphatic heterocycles. The van der Waals surface area contributed by atoms with Crippen LogP contribution >= 0.6 is 11.6 Å². The number of carbonyl (C=O) groups is 1. The van der Waals surface area contributed by atoms with Crippen LogP contribution in [0.3, 0.4) is 0 Å². The van der Waals surface area contributed by atoms with Crippen LogP contribution in [0.15, 0.2) is 36.4 Å². The van der Waals surface area contributed by atoms with Gasteiger partial charge in [0.2, 0.25) is 5.91 Å². The van der Waals surface area contributed by atoms with Gasteiger partial charge in [0.15, 0.2) is 0 Å². The van der Waals surface area contributed by atoms with Gasteiger partial charge in [0.1, 0.15) is 5.82 Å². The molecule has 0 aromatic heterocycles. The zero-order chi connectivity index (χ0) is 19.1. The molecule has 0 aliphatic carbocycles. The summed E-state index contributed by atoms with van der Waals surface area (Å²) in [4.78, 5) is 12.1. The van der Waals surface area contributed by atoms with Gasteiger partial charge in [-0.3, -0.25) is 9.52 Å². The molecule has 1 atom stereocenters. The molecule has 0 bridgehead atoms. The maximum atomic E-state index is 13.4. The van der Waals surface area contributed by atoms with Gasteiger partial charge in [-0.25, -0.2) is 4.39 Å². The number of hydrogen-bond acceptors (Lipinski definition) is 3. The third-order valence-corrected chi connectivity index (χ3v) is 5.91. The van der Waals surface area contributed by atoms with E-state index in [9.17, 15) is 17.6 Å². The van der Waals surface area contributed by atoms with Crippen molar-refractivity contribution in [2.24, 2.45) is 0 Å². The number of anilines is 2. The lowest BCUT2D eigenvalue weighted by Gasteiger charge is -2.27. The first kappa shape index (κ1) is 18.6. The molecule has 2 aromatic rings. The average molecular weight is 398 g/mol. The Morgan fingerprint density at radius 1 is 1.23 bits per heavy atom. The summed E-state index contributed by atoms with van der Waals surface area (Å²) in [5.41, 5.74) is 2.36. The number of benzene rings is 2. The van der Waals surface area contributed by atoms with Crippen molar-refractivity contribution in [1.82, 2.24) is 4.31 Å². The molecule has 138 valence electrons. The van der Waals surface area contributed by atoms with Crippen molar-refractivity contribution in [2.75, 3.05) is 24.1 Å². The van der Waals surface area contributed by atoms with E-state index in [-0.39, 0.29) is 23.3 Å². The second kappa shape index (κ2) is 6.86. The van der Waals surface area contributed by atoms with Crippen molar-refractivity contribution < 1.29 is 17.6 Å². The Kier molecular flexibility index (Phi) is 4.92. The number of halogens is 2. The van der Waals surface area contributed by atoms with Crippen LogP contribution in [0.2, 0.25) is 5.02 Å². The maximum Gasteiger partial charge on any atom is 0.301 e. The Hall–Kier alpha value is -2.16. The minimum absolute atomic E-state index is 0.00889. The quantitative estimate of drug-likeness (QED) is 0.831. The van der Waals surface area contributed by atoms with Crippen LogP contribution in [0.1, 0.15) is 23.5 Å². The van der Waals surface area contributed by atoms with Crippen LogP contribution in [0, 0.1) is 5.82 Å². The van der Waals surface area contributed by atoms with Gasteiger partial charge < -0.3 is 5.32 Å². The van der Waals surface area contributed by atoms with Crippen molar-refractivity contribution in [3.63, 3.8) is 0 Å². The largest absolute Gasteiger partial charge is 0.326 e. The molecule has 0 spiro atoms. The first-order valence-electron chi connectivity index (χ1n) is 7.76. The molecule has 1 amide bonds. The Bertz CT molecular complexity index is 979. The highest BCUT2D eigenvalue weighted by Gasteiger charge is 2.27. The molecule has 2 N–H and O–H groups in total. The van der Waals surface area contributed by atoms with Crippen LogP contribution in [0.25, 0.3) is 0 Å². The molecule has 26 heavy (non-hydrogen) atoms. The Labute approximate surface area is 156 Å². The lowest BCUT2D eigenvalue weighted by atomic mass is 9.84. The summed E-state index contributed by atoms with van der Waals surface area (Å²) in [5.74, 6) is -1.03. The highest BCUT2D eigenvalue weighted by Crippen LogP contribution is 2.39. The highest BCUT2D eigenvalue weighted by molar-refractivity contribution is 7.90. The summed E-state index contributed by atoms with van der Waals surface area (Å²) < 4.78 is 40.8. The fraction of sp³-hybridized carbons (Fsp3) is 0.235. The fourth-order valence-electron chi connectivity index (χ4n) is 2.80. The van der Waals surface area contributed by atoms with E-state index in [1.807, 2.05) is 0 Å². The average Bonchev–Trinajstić information content (AvgIpc) is 2.55. The predicted molar refractivity (Wildman–Crippen MR) is 99.2 cm³/mol. The number of carbonyl (C=O) groups excluding carboxylic acids is 1. The van der Waals surface area contributed by atoms with Gasteiger partial charge in [0, 0.05) is 32.1 Å². The Balaban J connectivity index is 1.99. The second-order valence-corrected chi connectivity index (χ2v) is 8.46. The van der Waals surface area contributed by atoms with Crippen molar-refractivity contribution >= 4 is 39.1 Å². The van der Waals surface area contributed by atoms with Gasteiger partial charge in [-0.05, 0) is 35.4 Å². The number of amides is 1. The van der Waals surface area contributed by atoms with Crippen LogP contribution in [-0.2, 0) is 15.0 Å². The van der Waals surface area contributed by atoms with E-state index in [1.54, 1.807) is 24.3 Å². The topological polar surface area (TPSA) is 78.5 Å². The molecule has 2 aromatic carbocycles. The number of fused-ring (bicyclic) bond motifs is 1. The van der Waals surface area contributed by atoms with Gasteiger partial charge in [-0.1, -0.05) is 23.7 Å². The van der Waals surface area contributed by atoms with E-state index in [0.29, 0.717) is 16.9 Å². The summed E-state index contributed by atoms with van der Waals surface area (Å²) in [5, 5.41) is 2.74. The number of nitrogens with one attached hydrogen (secondary N) is 2. The molecule has 1 unspecified atom stereocenters. The molecule has 0 radical (unpaired) electrons. The highest BCUT2D eigenvalue weighted by atomic mass is 35.5. The normalized spacial score (nSPS) is 17.0. The lowest BCUT2D eigenvalue weighted by molar-refractivity contribution is -0.116. The molecule has 1 heterocycles. The monoisotopic (exact) mass is 397 g/mol. The van der Waals surface area contributed by atoms with Gasteiger partial charge in [-0.15, -0.1) is 0 Å². The van der Waals surface area contributed by atoms with E-state index in [2.05, 4.69) is 10.0 Å². The summed E-state index contributed by atoms with van der Waals surface area (Å²) in [7, 11) is -0.829. The third-order valence-electron chi connectivity index (χ3n) is 4.17. The maximum absolute atomic E-state index is 13.4. The summed E-state index contributed by atoms with van der Waals surface area (Å²) in [6.07, 6.45) is 0.192. The molecule has 3 rings (SSSR count). The SMILES string of the molecule is CN(C)S(=O)(=O)Nc1ccc2c(c1)NC(=O)CC2c1ccc(F)c(Cl)c1. The van der Waals surface area contributed by atoms with Crippen LogP contribution in [0.4, 0.5) is 15.8 Å². The minimum atomic E-state index is -3.66. The Morgan fingerprint density at radius 2 is 1.96 bits per heavy atom. The van der Waals surface area contributed by atoms with Gasteiger partial charge >= 0.3 is 10.2 Å². The first-order chi connectivity index (χ1) is 12.2. The molecular weight excluding hydrogens is 381 g/mol. The van der Waals surface area contributed by atoms with E-state index >= 15 is 0 Å². The molecule has 9 heteroatoms. The molecule has 0 saturated carbocycles. The minimum Gasteiger partial charge on any atom is -0.326 e. The van der Waals surface area contributed by atoms with E-state index in [1.165, 1.54) is 26.2 Å². The zero-order valence-corrected chi connectivity index (χ0v) is 15.7. The van der Waals surface area contributed by atoms with Crippen molar-refractivity contribution in [3.8, 4) is 0 Å². The Morgan fingerprint density at radius 3 is 2.62 bits per heavy atom. The fourth-order valence-corrected chi connectivity index (χ4v) is 3.59. The smallest absolute Gasteiger partial charge is 0.301 e. The summed E-state index contributed by atoms with van der Waals surface area (Å²) in [6, 6.07) is 9.29. The summed E-state index contributed by atoms with van der Waals surface area (Å²) >= 11 is 5.87. The zero-order valence-electron chi connectivity index (χ0n) is 14.1. The second-order valence-electron chi connectivity index (χ2n) is 6.17. The first-order valence-corrected chi connectivity index (χ1v) is 9.58. The number of hydrogen-bond donors (Lipinski definition) is 2. The van der Waals surface area contributed by atoms with Crippen molar-refractivity contribution in [3.05, 3.63) is 58.4 Å². The van der Waals surface area contributed by atoms with Gasteiger partial charge in [0.25, 0.3) is 0 Å². The third kappa shape index (κ3) is 3.67. The van der Waals surface area contributed by atoms with E-state index < -0.39 is 16.0 Å². The van der Waals surface area contributed by atoms with Crippen molar-refractivity contribution in [2.45, 2.75) is 12.3 Å². The van der Waals surface area contributed by atoms with Crippen molar-refractivity contribution in [1.29, 1.82) is 0 Å². The van der Waals surface area contributed by atoms with Crippen LogP contribution < -0.4 is 10.0 Å². The van der Waals surface area contributed by atoms with Crippen LogP contribution in [-0.4, -0.2) is 32.7 Å². The number of rotatable bonds is 4. The molecule has 0 saturated heterocycles. The molecular formula is C17H17ClFN3O3S. The molecule has 1 aliphatic rings. The van der Waals surface area contributed by atoms with Gasteiger partial charge in [-0.2, -0.15) is 12.7 Å². The van der Waals surface area contributed by atoms with Crippen LogP contribution in [0.5, 0.6) is 0 Å². The van der Waals surface area contributed by atoms with E-state index in [0.717, 1.165) is 9.87 Å². The molecule has 0 fully saturated rings. The summed E-state index contributed by atoms with van der Waals surface area (Å²) in [6.45, 7) is 0. The lowest BCUT2D eigenvalue weighted by Crippen LogP contribution is -2.29. The predicted octanol–water partition coefficient (Wildman–Crippen LogP) is 3.17.